The van der Waals surface area contributed by atoms with Crippen LogP contribution in [0.2, 0.25) is 0 Å². The largest absolute Gasteiger partial charge is 0.388 e. The lowest BCUT2D eigenvalue weighted by Crippen LogP contribution is -2.09. The molecule has 0 aliphatic rings. The van der Waals surface area contributed by atoms with Crippen molar-refractivity contribution < 1.29 is 9.50 Å². The van der Waals surface area contributed by atoms with Crippen molar-refractivity contribution in [3.63, 3.8) is 0 Å². The van der Waals surface area contributed by atoms with Gasteiger partial charge in [0.15, 0.2) is 0 Å². The molecular formula is C14H15Br2FN2O. The highest BCUT2D eigenvalue weighted by molar-refractivity contribution is 9.10. The molecule has 0 aliphatic heterocycles. The number of hydrogen-bond donors (Lipinski definition) is 1. The molecule has 6 heteroatoms. The average molecular weight is 406 g/mol. The van der Waals surface area contributed by atoms with Gasteiger partial charge in [-0.25, -0.2) is 4.39 Å². The first kappa shape index (κ1) is 15.7. The molecule has 0 aliphatic carbocycles. The van der Waals surface area contributed by atoms with Gasteiger partial charge in [0.1, 0.15) is 5.82 Å². The van der Waals surface area contributed by atoms with E-state index in [1.165, 1.54) is 6.07 Å². The predicted octanol–water partition coefficient (Wildman–Crippen LogP) is 4.15. The molecule has 0 fully saturated rings. The van der Waals surface area contributed by atoms with Crippen LogP contribution >= 0.6 is 31.9 Å². The van der Waals surface area contributed by atoms with Gasteiger partial charge in [0.25, 0.3) is 0 Å². The fourth-order valence-electron chi connectivity index (χ4n) is 2.13. The number of aliphatic hydroxyl groups excluding tert-OH is 1. The number of aliphatic hydroxyl groups is 1. The van der Waals surface area contributed by atoms with E-state index in [4.69, 9.17) is 0 Å². The summed E-state index contributed by atoms with van der Waals surface area (Å²) in [5.41, 5.74) is 2.33. The number of nitrogens with zero attached hydrogens (tertiary/aromatic N) is 2. The Morgan fingerprint density at radius 3 is 2.70 bits per heavy atom. The summed E-state index contributed by atoms with van der Waals surface area (Å²) >= 11 is 6.68. The Hall–Kier alpha value is -0.720. The smallest absolute Gasteiger partial charge is 0.137 e. The fraction of sp³-hybridized carbons (Fsp3) is 0.357. The van der Waals surface area contributed by atoms with Gasteiger partial charge < -0.3 is 5.11 Å². The highest BCUT2D eigenvalue weighted by Crippen LogP contribution is 2.31. The quantitative estimate of drug-likeness (QED) is 0.829. The van der Waals surface area contributed by atoms with E-state index >= 15 is 0 Å². The summed E-state index contributed by atoms with van der Waals surface area (Å²) in [4.78, 5) is 0. The Labute approximate surface area is 134 Å². The average Bonchev–Trinajstić information content (AvgIpc) is 2.69. The second kappa shape index (κ2) is 6.37. The Balaban J connectivity index is 2.32. The van der Waals surface area contributed by atoms with Gasteiger partial charge in [-0.05, 0) is 57.3 Å². The summed E-state index contributed by atoms with van der Waals surface area (Å²) in [6, 6.07) is 4.66. The Morgan fingerprint density at radius 2 is 2.05 bits per heavy atom. The van der Waals surface area contributed by atoms with Crippen LogP contribution in [0.15, 0.2) is 27.1 Å². The lowest BCUT2D eigenvalue weighted by molar-refractivity contribution is 0.174. The van der Waals surface area contributed by atoms with Gasteiger partial charge in [-0.1, -0.05) is 12.1 Å². The SMILES string of the molecule is CCn1nc(C)c(Br)c1CC(O)c1cccc(F)c1Br. The van der Waals surface area contributed by atoms with Crippen LogP contribution in [0.4, 0.5) is 4.39 Å². The van der Waals surface area contributed by atoms with Crippen LogP contribution in [0, 0.1) is 12.7 Å². The summed E-state index contributed by atoms with van der Waals surface area (Å²) in [7, 11) is 0. The van der Waals surface area contributed by atoms with E-state index in [0.717, 1.165) is 22.4 Å². The van der Waals surface area contributed by atoms with Crippen molar-refractivity contribution in [1.29, 1.82) is 0 Å². The first-order valence-corrected chi connectivity index (χ1v) is 7.88. The topological polar surface area (TPSA) is 38.0 Å². The van der Waals surface area contributed by atoms with Crippen LogP contribution in [0.3, 0.4) is 0 Å². The van der Waals surface area contributed by atoms with Crippen LogP contribution in [0.5, 0.6) is 0 Å². The molecule has 1 atom stereocenters. The highest BCUT2D eigenvalue weighted by Gasteiger charge is 2.19. The predicted molar refractivity (Wildman–Crippen MR) is 83.1 cm³/mol. The van der Waals surface area contributed by atoms with Crippen molar-refractivity contribution in [2.45, 2.75) is 32.9 Å². The molecule has 0 saturated heterocycles. The molecule has 0 bridgehead atoms. The second-order valence-electron chi connectivity index (χ2n) is 4.52. The number of benzene rings is 1. The highest BCUT2D eigenvalue weighted by atomic mass is 79.9. The third kappa shape index (κ3) is 2.97. The number of aromatic nitrogens is 2. The molecule has 0 spiro atoms. The number of rotatable bonds is 4. The van der Waals surface area contributed by atoms with E-state index in [0.29, 0.717) is 16.5 Å². The number of hydrogen-bond acceptors (Lipinski definition) is 2. The van der Waals surface area contributed by atoms with Gasteiger partial charge in [-0.2, -0.15) is 5.10 Å². The zero-order valence-electron chi connectivity index (χ0n) is 11.2. The van der Waals surface area contributed by atoms with E-state index in [-0.39, 0.29) is 5.82 Å². The van der Waals surface area contributed by atoms with Crippen LogP contribution in [0.1, 0.15) is 30.0 Å². The first-order valence-electron chi connectivity index (χ1n) is 6.29. The van der Waals surface area contributed by atoms with Crippen molar-refractivity contribution in [3.8, 4) is 0 Å². The molecule has 0 saturated carbocycles. The minimum Gasteiger partial charge on any atom is -0.388 e. The van der Waals surface area contributed by atoms with E-state index in [1.54, 1.807) is 12.1 Å². The van der Waals surface area contributed by atoms with Crippen molar-refractivity contribution in [1.82, 2.24) is 9.78 Å². The molecule has 1 heterocycles. The van der Waals surface area contributed by atoms with Crippen molar-refractivity contribution in [3.05, 3.63) is 49.9 Å². The summed E-state index contributed by atoms with van der Waals surface area (Å²) in [6.07, 6.45) is -0.421. The Bertz CT molecular complexity index is 628. The molecule has 1 unspecified atom stereocenters. The third-order valence-corrected chi connectivity index (χ3v) is 5.05. The molecule has 1 aromatic heterocycles. The summed E-state index contributed by atoms with van der Waals surface area (Å²) in [5, 5.41) is 14.8. The minimum atomic E-state index is -0.794. The summed E-state index contributed by atoms with van der Waals surface area (Å²) in [6.45, 7) is 4.62. The maximum absolute atomic E-state index is 13.5. The third-order valence-electron chi connectivity index (χ3n) is 3.18. The minimum absolute atomic E-state index is 0.308. The molecule has 1 aromatic carbocycles. The molecule has 0 radical (unpaired) electrons. The number of aryl methyl sites for hydroxylation is 2. The van der Waals surface area contributed by atoms with Crippen molar-refractivity contribution in [2.75, 3.05) is 0 Å². The van der Waals surface area contributed by atoms with E-state index in [1.807, 2.05) is 18.5 Å². The lowest BCUT2D eigenvalue weighted by atomic mass is 10.0. The van der Waals surface area contributed by atoms with Crippen LogP contribution in [0.25, 0.3) is 0 Å². The molecule has 2 aromatic rings. The number of halogens is 3. The van der Waals surface area contributed by atoms with Gasteiger partial charge in [0.05, 0.1) is 26.4 Å². The van der Waals surface area contributed by atoms with Gasteiger partial charge in [0.2, 0.25) is 0 Å². The summed E-state index contributed by atoms with van der Waals surface area (Å²) in [5.74, 6) is -0.374. The molecule has 108 valence electrons. The van der Waals surface area contributed by atoms with E-state index in [2.05, 4.69) is 37.0 Å². The fourth-order valence-corrected chi connectivity index (χ4v) is 3.11. The van der Waals surface area contributed by atoms with Crippen LogP contribution < -0.4 is 0 Å². The van der Waals surface area contributed by atoms with Crippen molar-refractivity contribution >= 4 is 31.9 Å². The molecule has 2 rings (SSSR count). The standard InChI is InChI=1S/C14H15Br2FN2O/c1-3-19-11(13(15)8(2)18-19)7-12(20)9-5-4-6-10(17)14(9)16/h4-6,12,20H,3,7H2,1-2H3. The van der Waals surface area contributed by atoms with E-state index < -0.39 is 6.10 Å². The first-order chi connectivity index (χ1) is 9.45. The van der Waals surface area contributed by atoms with Crippen LogP contribution in [-0.2, 0) is 13.0 Å². The second-order valence-corrected chi connectivity index (χ2v) is 6.11. The monoisotopic (exact) mass is 404 g/mol. The molecule has 3 nitrogen and oxygen atoms in total. The van der Waals surface area contributed by atoms with Gasteiger partial charge in [-0.15, -0.1) is 0 Å². The normalized spacial score (nSPS) is 12.7. The Morgan fingerprint density at radius 1 is 1.35 bits per heavy atom. The zero-order chi connectivity index (χ0) is 14.9. The van der Waals surface area contributed by atoms with Gasteiger partial charge in [0, 0.05) is 13.0 Å². The molecule has 20 heavy (non-hydrogen) atoms. The maximum Gasteiger partial charge on any atom is 0.137 e. The lowest BCUT2D eigenvalue weighted by Gasteiger charge is -2.14. The molecule has 1 N–H and O–H groups in total. The van der Waals surface area contributed by atoms with Crippen molar-refractivity contribution in [2.24, 2.45) is 0 Å². The van der Waals surface area contributed by atoms with Gasteiger partial charge in [-0.3, -0.25) is 4.68 Å². The molecular weight excluding hydrogens is 391 g/mol. The van der Waals surface area contributed by atoms with E-state index in [9.17, 15) is 9.50 Å². The van der Waals surface area contributed by atoms with Crippen LogP contribution in [-0.4, -0.2) is 14.9 Å². The molecule has 0 amide bonds. The summed E-state index contributed by atoms with van der Waals surface area (Å²) < 4.78 is 16.6. The van der Waals surface area contributed by atoms with Gasteiger partial charge >= 0.3 is 0 Å². The zero-order valence-corrected chi connectivity index (χ0v) is 14.4. The Kier molecular flexibility index (Phi) is 4.99. The maximum atomic E-state index is 13.5.